The quantitative estimate of drug-likeness (QED) is 0.364. The van der Waals surface area contributed by atoms with E-state index in [9.17, 15) is 24.8 Å². The van der Waals surface area contributed by atoms with Crippen LogP contribution in [0.4, 0.5) is 4.79 Å². The van der Waals surface area contributed by atoms with Gasteiger partial charge in [0.15, 0.2) is 6.10 Å². The van der Waals surface area contributed by atoms with Gasteiger partial charge in [-0.3, -0.25) is 9.59 Å². The first-order chi connectivity index (χ1) is 20.2. The van der Waals surface area contributed by atoms with Crippen molar-refractivity contribution in [3.63, 3.8) is 0 Å². The lowest BCUT2D eigenvalue weighted by molar-refractivity contribution is -0.142. The number of benzene rings is 1. The number of nitrogens with zero attached hydrogens (tertiary/aromatic N) is 2. The summed E-state index contributed by atoms with van der Waals surface area (Å²) in [5, 5.41) is 25.5. The van der Waals surface area contributed by atoms with Gasteiger partial charge in [-0.25, -0.2) is 4.79 Å². The van der Waals surface area contributed by atoms with Crippen molar-refractivity contribution in [1.82, 2.24) is 15.5 Å². The van der Waals surface area contributed by atoms with Crippen LogP contribution >= 0.6 is 0 Å². The summed E-state index contributed by atoms with van der Waals surface area (Å²) in [6.07, 6.45) is 8.16. The molecular weight excluding hydrogens is 536 g/mol. The number of amides is 3. The van der Waals surface area contributed by atoms with Crippen molar-refractivity contribution in [3.05, 3.63) is 48.0 Å². The van der Waals surface area contributed by atoms with Crippen LogP contribution in [0, 0.1) is 17.2 Å². The molecule has 0 aromatic heterocycles. The number of allylic oxidation sites excluding steroid dienone is 2. The summed E-state index contributed by atoms with van der Waals surface area (Å²) in [6.45, 7) is 4.23. The van der Waals surface area contributed by atoms with Gasteiger partial charge in [0.25, 0.3) is 0 Å². The van der Waals surface area contributed by atoms with Crippen molar-refractivity contribution in [2.75, 3.05) is 6.54 Å². The molecule has 0 aliphatic carbocycles. The highest BCUT2D eigenvalue weighted by molar-refractivity contribution is 5.92. The van der Waals surface area contributed by atoms with E-state index in [1.807, 2.05) is 50.2 Å². The number of nitrogens with one attached hydrogen (secondary N) is 2. The number of hydrogen-bond acceptors (Lipinski definition) is 7. The highest BCUT2D eigenvalue weighted by Gasteiger charge is 2.56. The molecule has 0 radical (unpaired) electrons. The average molecular weight is 581 g/mol. The molecule has 0 saturated carbocycles. The topological polar surface area (TPSA) is 141 Å². The molecule has 2 saturated heterocycles. The molecule has 0 bridgehead atoms. The fourth-order valence-electron chi connectivity index (χ4n) is 6.34. The van der Waals surface area contributed by atoms with Crippen molar-refractivity contribution in [2.45, 2.75) is 114 Å². The van der Waals surface area contributed by atoms with Gasteiger partial charge < -0.3 is 30.1 Å². The summed E-state index contributed by atoms with van der Waals surface area (Å²) in [5.74, 6) is -1.02. The van der Waals surface area contributed by atoms with E-state index in [0.717, 1.165) is 37.7 Å². The Morgan fingerprint density at radius 1 is 1.17 bits per heavy atom. The van der Waals surface area contributed by atoms with Gasteiger partial charge in [-0.1, -0.05) is 55.3 Å². The van der Waals surface area contributed by atoms with Crippen LogP contribution in [0.3, 0.4) is 0 Å². The molecule has 3 amide bonds. The molecule has 1 aromatic rings. The number of rotatable bonds is 4. The third-order valence-electron chi connectivity index (χ3n) is 8.41. The first kappa shape index (κ1) is 31.5. The molecule has 3 aliphatic heterocycles. The van der Waals surface area contributed by atoms with Gasteiger partial charge in [0.05, 0.1) is 23.8 Å². The van der Waals surface area contributed by atoms with Crippen molar-refractivity contribution in [2.24, 2.45) is 5.92 Å². The molecule has 3 aliphatic rings. The molecule has 4 rings (SSSR count). The molecule has 2 unspecified atom stereocenters. The smallest absolute Gasteiger partial charge is 0.408 e. The van der Waals surface area contributed by atoms with Crippen LogP contribution in [0.1, 0.15) is 77.2 Å². The third-order valence-corrected chi connectivity index (χ3v) is 8.41. The summed E-state index contributed by atoms with van der Waals surface area (Å²) >= 11 is 0. The van der Waals surface area contributed by atoms with Crippen LogP contribution in [0.5, 0.6) is 0 Å². The van der Waals surface area contributed by atoms with Crippen LogP contribution in [0.15, 0.2) is 42.5 Å². The summed E-state index contributed by atoms with van der Waals surface area (Å²) in [4.78, 5) is 42.3. The minimum absolute atomic E-state index is 0.0722. The Labute approximate surface area is 248 Å². The number of nitriles is 1. The predicted octanol–water partition coefficient (Wildman–Crippen LogP) is 3.74. The van der Waals surface area contributed by atoms with E-state index in [-0.39, 0.29) is 31.1 Å². The monoisotopic (exact) mass is 580 g/mol. The highest BCUT2D eigenvalue weighted by atomic mass is 16.5. The second kappa shape index (κ2) is 14.7. The van der Waals surface area contributed by atoms with Gasteiger partial charge in [0.2, 0.25) is 11.8 Å². The zero-order chi connectivity index (χ0) is 30.1. The maximum absolute atomic E-state index is 14.1. The van der Waals surface area contributed by atoms with E-state index < -0.39 is 41.8 Å². The molecule has 6 atom stereocenters. The van der Waals surface area contributed by atoms with Crippen LogP contribution in [-0.2, 0) is 25.7 Å². The normalized spacial score (nSPS) is 29.4. The van der Waals surface area contributed by atoms with Crippen LogP contribution in [0.25, 0.3) is 0 Å². The van der Waals surface area contributed by atoms with Crippen molar-refractivity contribution in [3.8, 4) is 6.07 Å². The van der Waals surface area contributed by atoms with Gasteiger partial charge in [0, 0.05) is 12.5 Å². The molecule has 0 spiro atoms. The second-order valence-corrected chi connectivity index (χ2v) is 12.2. The first-order valence-corrected chi connectivity index (χ1v) is 15.2. The van der Waals surface area contributed by atoms with Crippen molar-refractivity contribution in [1.29, 1.82) is 5.26 Å². The van der Waals surface area contributed by atoms with Gasteiger partial charge in [-0.2, -0.15) is 5.26 Å². The summed E-state index contributed by atoms with van der Waals surface area (Å²) in [7, 11) is 0. The number of ether oxygens (including phenoxy) is 2. The minimum atomic E-state index is -1.36. The van der Waals surface area contributed by atoms with E-state index in [0.29, 0.717) is 25.7 Å². The van der Waals surface area contributed by atoms with Crippen molar-refractivity contribution < 1.29 is 29.0 Å². The van der Waals surface area contributed by atoms with E-state index in [1.165, 1.54) is 4.90 Å². The largest absolute Gasteiger partial charge is 0.445 e. The molecule has 3 heterocycles. The summed E-state index contributed by atoms with van der Waals surface area (Å²) in [6, 6.07) is 8.68. The van der Waals surface area contributed by atoms with Crippen LogP contribution in [0.2, 0.25) is 0 Å². The number of carbonyl (C=O) groups is 3. The van der Waals surface area contributed by atoms with Crippen LogP contribution < -0.4 is 10.6 Å². The lowest BCUT2D eigenvalue weighted by atomic mass is 9.89. The van der Waals surface area contributed by atoms with Gasteiger partial charge in [-0.05, 0) is 64.4 Å². The fraction of sp³-hybridized carbons (Fsp3) is 0.625. The Morgan fingerprint density at radius 2 is 1.86 bits per heavy atom. The summed E-state index contributed by atoms with van der Waals surface area (Å²) < 4.78 is 11.7. The zero-order valence-electron chi connectivity index (χ0n) is 24.7. The molecule has 42 heavy (non-hydrogen) atoms. The van der Waals surface area contributed by atoms with E-state index in [2.05, 4.69) is 22.8 Å². The highest BCUT2D eigenvalue weighted by Crippen LogP contribution is 2.43. The number of aliphatic hydroxyl groups is 1. The molecule has 10 nitrogen and oxygen atoms in total. The van der Waals surface area contributed by atoms with E-state index in [1.54, 1.807) is 0 Å². The average Bonchev–Trinajstić information content (AvgIpc) is 3.46. The zero-order valence-corrected chi connectivity index (χ0v) is 24.7. The number of aliphatic hydroxyl groups excluding tert-OH is 1. The standard InChI is InChI=1S/C32H44N4O6/c1-32(2)18-23-27(42-32)20-36-28(23)29(38)34-24(26(37)19-33)16-12-7-5-3-4-6-8-13-17-25(30(36)39)35-31(40)41-21-22-14-10-9-11-15-22/h3-4,9-11,14-15,23-28,37H,5-8,12-13,16-18,20-21H2,1-2H3,(H,34,38)(H,35,40)/t23-,24-,25-,26?,27?,28-/m0/s1. The maximum atomic E-state index is 14.1. The number of alkyl carbamates (subject to hydrolysis) is 1. The Balaban J connectivity index is 1.56. The Kier molecular flexibility index (Phi) is 11.0. The number of fused-ring (bicyclic) bond motifs is 3. The maximum Gasteiger partial charge on any atom is 0.408 e. The Bertz CT molecular complexity index is 1150. The third kappa shape index (κ3) is 8.33. The van der Waals surface area contributed by atoms with Crippen molar-refractivity contribution >= 4 is 17.9 Å². The lowest BCUT2D eigenvalue weighted by Gasteiger charge is -2.33. The molecule has 10 heteroatoms. The molecule has 228 valence electrons. The molecule has 2 fully saturated rings. The first-order valence-electron chi connectivity index (χ1n) is 15.2. The Morgan fingerprint density at radius 3 is 2.55 bits per heavy atom. The number of hydrogen-bond donors (Lipinski definition) is 3. The van der Waals surface area contributed by atoms with Gasteiger partial charge in [-0.15, -0.1) is 0 Å². The second-order valence-electron chi connectivity index (χ2n) is 12.2. The molecule has 1 aromatic carbocycles. The van der Waals surface area contributed by atoms with Gasteiger partial charge in [0.1, 0.15) is 18.7 Å². The molecular formula is C32H44N4O6. The Hall–Kier alpha value is -3.42. The minimum Gasteiger partial charge on any atom is -0.445 e. The summed E-state index contributed by atoms with van der Waals surface area (Å²) in [5.41, 5.74) is 0.382. The van der Waals surface area contributed by atoms with E-state index >= 15 is 0 Å². The van der Waals surface area contributed by atoms with Gasteiger partial charge >= 0.3 is 6.09 Å². The lowest BCUT2D eigenvalue weighted by Crippen LogP contribution is -2.57. The predicted molar refractivity (Wildman–Crippen MR) is 156 cm³/mol. The number of carbonyl (C=O) groups excluding carboxylic acids is 3. The fourth-order valence-corrected chi connectivity index (χ4v) is 6.34. The SMILES string of the molecule is CC1(C)C[C@H]2C(CN3C(=O)[C@@H](NC(=O)OCc4ccccc4)CCCCC=CCCCC[C@@H](C(O)C#N)NC(=O)[C@H]23)O1. The van der Waals surface area contributed by atoms with Crippen LogP contribution in [-0.4, -0.2) is 70.4 Å². The van der Waals surface area contributed by atoms with E-state index in [4.69, 9.17) is 9.47 Å². The molecule has 3 N–H and O–H groups in total.